The molecule has 0 aliphatic carbocycles. The van der Waals surface area contributed by atoms with E-state index in [2.05, 4.69) is 15.1 Å². The summed E-state index contributed by atoms with van der Waals surface area (Å²) in [6, 6.07) is 1.43. The highest BCUT2D eigenvalue weighted by Gasteiger charge is 2.27. The number of H-pyrrole nitrogens is 1. The number of ether oxygens (including phenoxy) is 1. The van der Waals surface area contributed by atoms with Crippen molar-refractivity contribution in [3.8, 4) is 0 Å². The van der Waals surface area contributed by atoms with Crippen molar-refractivity contribution in [3.05, 3.63) is 44.9 Å². The van der Waals surface area contributed by atoms with Crippen LogP contribution in [-0.4, -0.2) is 50.3 Å². The Balaban J connectivity index is 1.74. The van der Waals surface area contributed by atoms with E-state index < -0.39 is 0 Å². The third-order valence-electron chi connectivity index (χ3n) is 4.62. The van der Waals surface area contributed by atoms with Crippen molar-refractivity contribution in [1.29, 1.82) is 0 Å². The standard InChI is InChI=1S/C17H23N5O3/c1-10-13(11(2)21(4)20-10)7-17(24)22-5-6-25-15(9-22)14-8-16(23)19-12(3)18-14/h8,15H,5-7,9H2,1-4H3,(H,18,19,23)/t15-/m0/s1. The highest BCUT2D eigenvalue weighted by atomic mass is 16.5. The van der Waals surface area contributed by atoms with Crippen LogP contribution in [0.1, 0.15) is 34.6 Å². The van der Waals surface area contributed by atoms with Crippen LogP contribution in [0, 0.1) is 20.8 Å². The van der Waals surface area contributed by atoms with Gasteiger partial charge in [0.25, 0.3) is 5.56 Å². The van der Waals surface area contributed by atoms with Gasteiger partial charge in [0, 0.05) is 30.9 Å². The first-order valence-corrected chi connectivity index (χ1v) is 8.31. The summed E-state index contributed by atoms with van der Waals surface area (Å²) in [5.41, 5.74) is 3.21. The van der Waals surface area contributed by atoms with Gasteiger partial charge in [-0.1, -0.05) is 0 Å². The molecule has 3 heterocycles. The second-order valence-electron chi connectivity index (χ2n) is 6.40. The summed E-state index contributed by atoms with van der Waals surface area (Å²) in [5, 5.41) is 4.36. The lowest BCUT2D eigenvalue weighted by Crippen LogP contribution is -2.43. The zero-order chi connectivity index (χ0) is 18.1. The Morgan fingerprint density at radius 3 is 2.80 bits per heavy atom. The number of amides is 1. The highest BCUT2D eigenvalue weighted by Crippen LogP contribution is 2.21. The largest absolute Gasteiger partial charge is 0.368 e. The number of nitrogens with zero attached hydrogens (tertiary/aromatic N) is 4. The number of carbonyl (C=O) groups is 1. The monoisotopic (exact) mass is 345 g/mol. The first kappa shape index (κ1) is 17.3. The Morgan fingerprint density at radius 2 is 2.16 bits per heavy atom. The second kappa shape index (κ2) is 6.79. The van der Waals surface area contributed by atoms with Gasteiger partial charge < -0.3 is 14.6 Å². The molecule has 3 rings (SSSR count). The molecule has 134 valence electrons. The average molecular weight is 345 g/mol. The topological polar surface area (TPSA) is 93.1 Å². The van der Waals surface area contributed by atoms with Crippen LogP contribution in [0.5, 0.6) is 0 Å². The minimum Gasteiger partial charge on any atom is -0.368 e. The molecule has 0 spiro atoms. The number of hydrogen-bond donors (Lipinski definition) is 1. The van der Waals surface area contributed by atoms with E-state index in [0.29, 0.717) is 37.6 Å². The van der Waals surface area contributed by atoms with Crippen molar-refractivity contribution in [2.45, 2.75) is 33.3 Å². The SMILES string of the molecule is Cc1nc([C@@H]2CN(C(=O)Cc3c(C)nn(C)c3C)CCO2)cc(=O)[nH]1. The molecule has 1 N–H and O–H groups in total. The van der Waals surface area contributed by atoms with Gasteiger partial charge in [-0.05, 0) is 20.8 Å². The van der Waals surface area contributed by atoms with Crippen molar-refractivity contribution in [3.63, 3.8) is 0 Å². The van der Waals surface area contributed by atoms with E-state index in [9.17, 15) is 9.59 Å². The molecule has 1 amide bonds. The molecule has 2 aromatic heterocycles. The van der Waals surface area contributed by atoms with Crippen LogP contribution in [0.4, 0.5) is 0 Å². The summed E-state index contributed by atoms with van der Waals surface area (Å²) in [4.78, 5) is 33.1. The number of rotatable bonds is 3. The predicted octanol–water partition coefficient (Wildman–Crippen LogP) is 0.571. The van der Waals surface area contributed by atoms with Crippen LogP contribution >= 0.6 is 0 Å². The van der Waals surface area contributed by atoms with Gasteiger partial charge in [-0.3, -0.25) is 14.3 Å². The van der Waals surface area contributed by atoms with Crippen LogP contribution in [0.25, 0.3) is 0 Å². The lowest BCUT2D eigenvalue weighted by molar-refractivity contribution is -0.138. The molecule has 0 bridgehead atoms. The molecule has 1 saturated heterocycles. The molecular weight excluding hydrogens is 322 g/mol. The van der Waals surface area contributed by atoms with E-state index in [1.165, 1.54) is 6.07 Å². The van der Waals surface area contributed by atoms with Gasteiger partial charge in [0.2, 0.25) is 5.91 Å². The quantitative estimate of drug-likeness (QED) is 0.878. The van der Waals surface area contributed by atoms with E-state index in [1.807, 2.05) is 20.9 Å². The van der Waals surface area contributed by atoms with Gasteiger partial charge in [-0.15, -0.1) is 0 Å². The molecule has 1 fully saturated rings. The number of hydrogen-bond acceptors (Lipinski definition) is 5. The number of nitrogens with one attached hydrogen (secondary N) is 1. The molecule has 8 nitrogen and oxygen atoms in total. The lowest BCUT2D eigenvalue weighted by atomic mass is 10.1. The van der Waals surface area contributed by atoms with Gasteiger partial charge in [0.1, 0.15) is 11.9 Å². The Labute approximate surface area is 145 Å². The number of carbonyl (C=O) groups excluding carboxylic acids is 1. The molecule has 0 aromatic carbocycles. The minimum absolute atomic E-state index is 0.0362. The van der Waals surface area contributed by atoms with E-state index in [1.54, 1.807) is 16.5 Å². The molecule has 0 saturated carbocycles. The van der Waals surface area contributed by atoms with Crippen molar-refractivity contribution in [1.82, 2.24) is 24.6 Å². The van der Waals surface area contributed by atoms with Crippen LogP contribution < -0.4 is 5.56 Å². The molecule has 8 heteroatoms. The maximum Gasteiger partial charge on any atom is 0.251 e. The van der Waals surface area contributed by atoms with Crippen molar-refractivity contribution < 1.29 is 9.53 Å². The zero-order valence-electron chi connectivity index (χ0n) is 15.0. The molecule has 1 atom stereocenters. The van der Waals surface area contributed by atoms with E-state index in [-0.39, 0.29) is 17.6 Å². The van der Waals surface area contributed by atoms with E-state index >= 15 is 0 Å². The first-order valence-electron chi connectivity index (χ1n) is 8.31. The Morgan fingerprint density at radius 1 is 1.40 bits per heavy atom. The van der Waals surface area contributed by atoms with Gasteiger partial charge >= 0.3 is 0 Å². The van der Waals surface area contributed by atoms with Crippen molar-refractivity contribution in [2.24, 2.45) is 7.05 Å². The summed E-state index contributed by atoms with van der Waals surface area (Å²) in [7, 11) is 1.88. The van der Waals surface area contributed by atoms with Crippen LogP contribution in [0.2, 0.25) is 0 Å². The zero-order valence-corrected chi connectivity index (χ0v) is 15.0. The minimum atomic E-state index is -0.380. The Kier molecular flexibility index (Phi) is 4.71. The van der Waals surface area contributed by atoms with E-state index in [0.717, 1.165) is 17.0 Å². The number of aromatic amines is 1. The molecule has 0 radical (unpaired) electrons. The third kappa shape index (κ3) is 3.63. The third-order valence-corrected chi connectivity index (χ3v) is 4.62. The predicted molar refractivity (Wildman–Crippen MR) is 91.3 cm³/mol. The maximum absolute atomic E-state index is 12.7. The summed E-state index contributed by atoms with van der Waals surface area (Å²) in [5.74, 6) is 0.574. The summed E-state index contributed by atoms with van der Waals surface area (Å²) >= 11 is 0. The Bertz CT molecular complexity index is 854. The van der Waals surface area contributed by atoms with Gasteiger partial charge in [0.05, 0.1) is 31.0 Å². The van der Waals surface area contributed by atoms with Crippen molar-refractivity contribution >= 4 is 5.91 Å². The molecule has 0 unspecified atom stereocenters. The number of morpholine rings is 1. The molecule has 1 aliphatic heterocycles. The Hall–Kier alpha value is -2.48. The van der Waals surface area contributed by atoms with Crippen LogP contribution in [0.15, 0.2) is 10.9 Å². The normalized spacial score (nSPS) is 17.8. The second-order valence-corrected chi connectivity index (χ2v) is 6.40. The molecule has 1 aliphatic rings. The smallest absolute Gasteiger partial charge is 0.251 e. The summed E-state index contributed by atoms with van der Waals surface area (Å²) in [6.07, 6.45) is -0.0603. The molecular formula is C17H23N5O3. The molecule has 25 heavy (non-hydrogen) atoms. The summed E-state index contributed by atoms with van der Waals surface area (Å²) in [6.45, 7) is 6.97. The van der Waals surface area contributed by atoms with Gasteiger partial charge in [-0.2, -0.15) is 5.10 Å². The summed E-state index contributed by atoms with van der Waals surface area (Å²) < 4.78 is 7.53. The van der Waals surface area contributed by atoms with Crippen molar-refractivity contribution in [2.75, 3.05) is 19.7 Å². The van der Waals surface area contributed by atoms with E-state index in [4.69, 9.17) is 4.74 Å². The molecule has 2 aromatic rings. The number of aromatic nitrogens is 4. The van der Waals surface area contributed by atoms with Crippen LogP contribution in [0.3, 0.4) is 0 Å². The average Bonchev–Trinajstić information content (AvgIpc) is 2.80. The fourth-order valence-electron chi connectivity index (χ4n) is 3.16. The first-order chi connectivity index (χ1) is 11.8. The maximum atomic E-state index is 12.7. The van der Waals surface area contributed by atoms with Crippen LogP contribution in [-0.2, 0) is 23.0 Å². The van der Waals surface area contributed by atoms with Gasteiger partial charge in [0.15, 0.2) is 0 Å². The fraction of sp³-hybridized carbons (Fsp3) is 0.529. The number of aryl methyl sites for hydroxylation is 3. The highest BCUT2D eigenvalue weighted by molar-refractivity contribution is 5.79. The fourth-order valence-corrected chi connectivity index (χ4v) is 3.16. The van der Waals surface area contributed by atoms with Gasteiger partial charge in [-0.25, -0.2) is 4.98 Å². The lowest BCUT2D eigenvalue weighted by Gasteiger charge is -2.32.